The minimum absolute atomic E-state index is 0.335. The molecule has 2 nitrogen and oxygen atoms in total. The van der Waals surface area contributed by atoms with Crippen molar-refractivity contribution in [3.05, 3.63) is 34.3 Å². The summed E-state index contributed by atoms with van der Waals surface area (Å²) in [4.78, 5) is 4.59. The molecule has 0 spiro atoms. The van der Waals surface area contributed by atoms with Gasteiger partial charge in [0.15, 0.2) is 5.90 Å². The minimum Gasteiger partial charge on any atom is -0.478 e. The standard InChI is InChI=1S/C13H16BrNO/c1-9(2)12-8-16-13(15-12)7-10-4-3-5-11(14)6-10/h3-6,9,12H,7-8H2,1-2H3/t12-/m1/s1. The lowest BCUT2D eigenvalue weighted by Crippen LogP contribution is -2.13. The molecule has 1 aliphatic heterocycles. The van der Waals surface area contributed by atoms with E-state index in [1.54, 1.807) is 0 Å². The highest BCUT2D eigenvalue weighted by atomic mass is 79.9. The number of aliphatic imine (C=N–C) groups is 1. The normalized spacial score (nSPS) is 19.8. The molecule has 0 amide bonds. The lowest BCUT2D eigenvalue weighted by atomic mass is 10.1. The third-order valence-corrected chi connectivity index (χ3v) is 3.24. The number of hydrogen-bond donors (Lipinski definition) is 0. The van der Waals surface area contributed by atoms with Crippen LogP contribution >= 0.6 is 15.9 Å². The van der Waals surface area contributed by atoms with Crippen LogP contribution in [-0.2, 0) is 11.2 Å². The number of hydrogen-bond acceptors (Lipinski definition) is 2. The highest BCUT2D eigenvalue weighted by molar-refractivity contribution is 9.10. The Morgan fingerprint density at radius 2 is 2.31 bits per heavy atom. The second kappa shape index (κ2) is 5.00. The highest BCUT2D eigenvalue weighted by Crippen LogP contribution is 2.17. The van der Waals surface area contributed by atoms with Crippen molar-refractivity contribution < 1.29 is 4.74 Å². The Hall–Kier alpha value is -0.830. The van der Waals surface area contributed by atoms with Crippen LogP contribution in [0.3, 0.4) is 0 Å². The van der Waals surface area contributed by atoms with Crippen LogP contribution in [0.4, 0.5) is 0 Å². The van der Waals surface area contributed by atoms with E-state index in [4.69, 9.17) is 4.74 Å². The van der Waals surface area contributed by atoms with Gasteiger partial charge in [-0.15, -0.1) is 0 Å². The molecule has 0 unspecified atom stereocenters. The zero-order valence-electron chi connectivity index (χ0n) is 9.61. The fourth-order valence-electron chi connectivity index (χ4n) is 1.70. The molecule has 86 valence electrons. The van der Waals surface area contributed by atoms with Crippen molar-refractivity contribution in [2.24, 2.45) is 10.9 Å². The molecule has 1 aliphatic rings. The third-order valence-electron chi connectivity index (χ3n) is 2.74. The second-order valence-electron chi connectivity index (χ2n) is 4.45. The zero-order chi connectivity index (χ0) is 11.5. The van der Waals surface area contributed by atoms with Crippen molar-refractivity contribution >= 4 is 21.8 Å². The molecule has 0 aromatic heterocycles. The summed E-state index contributed by atoms with van der Waals surface area (Å²) in [6.07, 6.45) is 0.794. The van der Waals surface area contributed by atoms with Gasteiger partial charge in [-0.3, -0.25) is 0 Å². The van der Waals surface area contributed by atoms with Gasteiger partial charge in [0, 0.05) is 10.9 Å². The van der Waals surface area contributed by atoms with Crippen LogP contribution in [0, 0.1) is 5.92 Å². The molecule has 0 N–H and O–H groups in total. The number of rotatable bonds is 3. The maximum atomic E-state index is 5.61. The smallest absolute Gasteiger partial charge is 0.188 e. The van der Waals surface area contributed by atoms with Crippen molar-refractivity contribution in [2.45, 2.75) is 26.3 Å². The van der Waals surface area contributed by atoms with Gasteiger partial charge >= 0.3 is 0 Å². The fourth-order valence-corrected chi connectivity index (χ4v) is 2.15. The van der Waals surface area contributed by atoms with Gasteiger partial charge in [0.05, 0.1) is 6.04 Å². The summed E-state index contributed by atoms with van der Waals surface area (Å²) in [5, 5.41) is 0. The molecule has 0 aliphatic carbocycles. The zero-order valence-corrected chi connectivity index (χ0v) is 11.2. The predicted octanol–water partition coefficient (Wildman–Crippen LogP) is 3.44. The molecule has 0 bridgehead atoms. The first-order chi connectivity index (χ1) is 7.65. The largest absolute Gasteiger partial charge is 0.478 e. The summed E-state index contributed by atoms with van der Waals surface area (Å²) in [5.74, 6) is 1.43. The molecule has 0 fully saturated rings. The van der Waals surface area contributed by atoms with Crippen molar-refractivity contribution in [1.29, 1.82) is 0 Å². The Morgan fingerprint density at radius 1 is 1.50 bits per heavy atom. The van der Waals surface area contributed by atoms with Gasteiger partial charge in [-0.1, -0.05) is 41.9 Å². The first-order valence-electron chi connectivity index (χ1n) is 5.59. The van der Waals surface area contributed by atoms with Gasteiger partial charge in [-0.2, -0.15) is 0 Å². The Labute approximate surface area is 105 Å². The number of ether oxygens (including phenoxy) is 1. The van der Waals surface area contributed by atoms with Gasteiger partial charge in [0.2, 0.25) is 0 Å². The topological polar surface area (TPSA) is 21.6 Å². The molecule has 16 heavy (non-hydrogen) atoms. The van der Waals surface area contributed by atoms with Gasteiger partial charge < -0.3 is 4.74 Å². The molecule has 0 radical (unpaired) electrons. The van der Waals surface area contributed by atoms with E-state index in [9.17, 15) is 0 Å². The van der Waals surface area contributed by atoms with Crippen LogP contribution in [-0.4, -0.2) is 18.5 Å². The monoisotopic (exact) mass is 281 g/mol. The van der Waals surface area contributed by atoms with E-state index in [0.717, 1.165) is 23.4 Å². The molecule has 2 rings (SSSR count). The lowest BCUT2D eigenvalue weighted by Gasteiger charge is -2.06. The molecule has 3 heteroatoms. The van der Waals surface area contributed by atoms with E-state index in [1.807, 2.05) is 12.1 Å². The highest BCUT2D eigenvalue weighted by Gasteiger charge is 2.21. The molecular formula is C13H16BrNO. The maximum Gasteiger partial charge on any atom is 0.188 e. The second-order valence-corrected chi connectivity index (χ2v) is 5.37. The van der Waals surface area contributed by atoms with Crippen molar-refractivity contribution in [3.8, 4) is 0 Å². The van der Waals surface area contributed by atoms with Crippen LogP contribution in [0.2, 0.25) is 0 Å². The Kier molecular flexibility index (Phi) is 3.64. The fraction of sp³-hybridized carbons (Fsp3) is 0.462. The number of nitrogens with zero attached hydrogens (tertiary/aromatic N) is 1. The van der Waals surface area contributed by atoms with Gasteiger partial charge in [-0.25, -0.2) is 4.99 Å². The lowest BCUT2D eigenvalue weighted by molar-refractivity contribution is 0.287. The van der Waals surface area contributed by atoms with Crippen LogP contribution in [0.5, 0.6) is 0 Å². The average molecular weight is 282 g/mol. The molecule has 0 saturated heterocycles. The Balaban J connectivity index is 2.03. The minimum atomic E-state index is 0.335. The van der Waals surface area contributed by atoms with Crippen molar-refractivity contribution in [1.82, 2.24) is 0 Å². The van der Waals surface area contributed by atoms with E-state index in [0.29, 0.717) is 12.0 Å². The van der Waals surface area contributed by atoms with Crippen LogP contribution < -0.4 is 0 Å². The van der Waals surface area contributed by atoms with Crippen LogP contribution in [0.1, 0.15) is 19.4 Å². The molecule has 1 atom stereocenters. The maximum absolute atomic E-state index is 5.61. The first kappa shape index (κ1) is 11.6. The van der Waals surface area contributed by atoms with E-state index < -0.39 is 0 Å². The molecule has 1 aromatic rings. The average Bonchev–Trinajstić information content (AvgIpc) is 2.66. The Morgan fingerprint density at radius 3 is 2.94 bits per heavy atom. The van der Waals surface area contributed by atoms with E-state index in [2.05, 4.69) is 46.9 Å². The third kappa shape index (κ3) is 2.85. The first-order valence-corrected chi connectivity index (χ1v) is 6.38. The van der Waals surface area contributed by atoms with Gasteiger partial charge in [-0.05, 0) is 23.6 Å². The van der Waals surface area contributed by atoms with Crippen molar-refractivity contribution in [3.63, 3.8) is 0 Å². The molecule has 1 heterocycles. The predicted molar refractivity (Wildman–Crippen MR) is 69.9 cm³/mol. The van der Waals surface area contributed by atoms with E-state index >= 15 is 0 Å². The molecule has 1 aromatic carbocycles. The summed E-state index contributed by atoms with van der Waals surface area (Å²) in [5.41, 5.74) is 1.23. The quantitative estimate of drug-likeness (QED) is 0.832. The van der Waals surface area contributed by atoms with E-state index in [1.165, 1.54) is 5.56 Å². The number of halogens is 1. The number of benzene rings is 1. The van der Waals surface area contributed by atoms with Crippen LogP contribution in [0.15, 0.2) is 33.7 Å². The van der Waals surface area contributed by atoms with Crippen LogP contribution in [0.25, 0.3) is 0 Å². The van der Waals surface area contributed by atoms with Gasteiger partial charge in [0.25, 0.3) is 0 Å². The van der Waals surface area contributed by atoms with Crippen molar-refractivity contribution in [2.75, 3.05) is 6.61 Å². The van der Waals surface area contributed by atoms with Gasteiger partial charge in [0.1, 0.15) is 6.61 Å². The SMILES string of the molecule is CC(C)[C@H]1COC(Cc2cccc(Br)c2)=N1. The van der Waals surface area contributed by atoms with E-state index in [-0.39, 0.29) is 0 Å². The summed E-state index contributed by atoms with van der Waals surface area (Å²) < 4.78 is 6.71. The molecular weight excluding hydrogens is 266 g/mol. The summed E-state index contributed by atoms with van der Waals surface area (Å²) in [7, 11) is 0. The molecule has 0 saturated carbocycles. The summed E-state index contributed by atoms with van der Waals surface area (Å²) in [6.45, 7) is 5.10. The summed E-state index contributed by atoms with van der Waals surface area (Å²) in [6, 6.07) is 8.60. The Bertz CT molecular complexity index is 401. The summed E-state index contributed by atoms with van der Waals surface area (Å²) >= 11 is 3.47.